The molecule has 0 spiro atoms. The van der Waals surface area contributed by atoms with Crippen molar-refractivity contribution in [2.45, 2.75) is 33.6 Å². The molecule has 1 aromatic heterocycles. The van der Waals surface area contributed by atoms with Crippen molar-refractivity contribution in [3.05, 3.63) is 46.8 Å². The molecule has 0 aliphatic rings. The van der Waals surface area contributed by atoms with Gasteiger partial charge in [0.05, 0.1) is 11.4 Å². The lowest BCUT2D eigenvalue weighted by Crippen LogP contribution is -1.98. The number of carbonyl (C=O) groups is 1. The molecule has 0 amide bonds. The minimum absolute atomic E-state index is 0.138. The molecule has 1 heterocycles. The number of hydrogen-bond acceptors (Lipinski definition) is 2. The molecular weight excluding hydrogens is 240 g/mol. The molecule has 0 saturated heterocycles. The normalized spacial score (nSPS) is 10.7. The largest absolute Gasteiger partial charge is 0.481 e. The van der Waals surface area contributed by atoms with E-state index in [1.54, 1.807) is 0 Å². The number of hydrogen-bond donors (Lipinski definition) is 1. The summed E-state index contributed by atoms with van der Waals surface area (Å²) in [6.45, 7) is 6.01. The van der Waals surface area contributed by atoms with Gasteiger partial charge in [-0.25, -0.2) is 4.68 Å². The van der Waals surface area contributed by atoms with Crippen LogP contribution in [0.25, 0.3) is 5.69 Å². The lowest BCUT2D eigenvalue weighted by Gasteiger charge is -2.06. The summed E-state index contributed by atoms with van der Waals surface area (Å²) in [6.07, 6.45) is 2.59. The number of nitrogens with zero attached hydrogens (tertiary/aromatic N) is 2. The summed E-state index contributed by atoms with van der Waals surface area (Å²) >= 11 is 0. The van der Waals surface area contributed by atoms with Gasteiger partial charge in [0.2, 0.25) is 0 Å². The van der Waals surface area contributed by atoms with Crippen molar-refractivity contribution in [3.63, 3.8) is 0 Å². The van der Waals surface area contributed by atoms with Crippen molar-refractivity contribution >= 4 is 5.97 Å². The Hall–Kier alpha value is -2.10. The SMILES string of the molecule is Cc1ccc(C)c(-n2cc(CCC(=O)O)c(C)n2)c1. The van der Waals surface area contributed by atoms with E-state index in [1.165, 1.54) is 5.56 Å². The Morgan fingerprint density at radius 1 is 1.32 bits per heavy atom. The van der Waals surface area contributed by atoms with Crippen molar-refractivity contribution < 1.29 is 9.90 Å². The van der Waals surface area contributed by atoms with E-state index in [-0.39, 0.29) is 6.42 Å². The van der Waals surface area contributed by atoms with E-state index in [2.05, 4.69) is 23.3 Å². The first-order valence-electron chi connectivity index (χ1n) is 6.32. The predicted octanol–water partition coefficient (Wildman–Crippen LogP) is 2.81. The first kappa shape index (κ1) is 13.3. The third-order valence-corrected chi connectivity index (χ3v) is 3.22. The van der Waals surface area contributed by atoms with Gasteiger partial charge < -0.3 is 5.11 Å². The van der Waals surface area contributed by atoms with Gasteiger partial charge in [-0.05, 0) is 49.9 Å². The Bertz CT molecular complexity index is 615. The smallest absolute Gasteiger partial charge is 0.303 e. The molecule has 0 atom stereocenters. The standard InChI is InChI=1S/C15H18N2O2/c1-10-4-5-11(2)14(8-10)17-9-13(12(3)16-17)6-7-15(18)19/h4-5,8-9H,6-7H2,1-3H3,(H,18,19). The van der Waals surface area contributed by atoms with Crippen LogP contribution in [0.3, 0.4) is 0 Å². The minimum Gasteiger partial charge on any atom is -0.481 e. The molecular formula is C15H18N2O2. The van der Waals surface area contributed by atoms with E-state index >= 15 is 0 Å². The van der Waals surface area contributed by atoms with E-state index in [0.29, 0.717) is 6.42 Å². The quantitative estimate of drug-likeness (QED) is 0.917. The highest BCUT2D eigenvalue weighted by Crippen LogP contribution is 2.18. The average Bonchev–Trinajstić information content (AvgIpc) is 2.71. The second-order valence-electron chi connectivity index (χ2n) is 4.87. The monoisotopic (exact) mass is 258 g/mol. The van der Waals surface area contributed by atoms with Crippen LogP contribution in [0.15, 0.2) is 24.4 Å². The molecule has 2 aromatic rings. The number of aliphatic carboxylic acids is 1. The molecule has 4 nitrogen and oxygen atoms in total. The van der Waals surface area contributed by atoms with Crippen molar-refractivity contribution in [1.82, 2.24) is 9.78 Å². The maximum Gasteiger partial charge on any atom is 0.303 e. The summed E-state index contributed by atoms with van der Waals surface area (Å²) in [4.78, 5) is 10.6. The maximum absolute atomic E-state index is 10.6. The molecule has 1 N–H and O–H groups in total. The topological polar surface area (TPSA) is 55.1 Å². The molecule has 1 aromatic carbocycles. The molecule has 0 fully saturated rings. The van der Waals surface area contributed by atoms with Crippen LogP contribution in [0.1, 0.15) is 28.8 Å². The summed E-state index contributed by atoms with van der Waals surface area (Å²) < 4.78 is 1.84. The fourth-order valence-electron chi connectivity index (χ4n) is 2.07. The van der Waals surface area contributed by atoms with Gasteiger partial charge in [0.1, 0.15) is 0 Å². The van der Waals surface area contributed by atoms with Gasteiger partial charge in [-0.2, -0.15) is 5.10 Å². The number of aromatic nitrogens is 2. The predicted molar refractivity (Wildman–Crippen MR) is 73.7 cm³/mol. The van der Waals surface area contributed by atoms with E-state index in [0.717, 1.165) is 22.5 Å². The highest BCUT2D eigenvalue weighted by molar-refractivity contribution is 5.67. The summed E-state index contributed by atoms with van der Waals surface area (Å²) in [5.41, 5.74) is 5.26. The van der Waals surface area contributed by atoms with Crippen LogP contribution < -0.4 is 0 Å². The van der Waals surface area contributed by atoms with E-state index in [4.69, 9.17) is 5.11 Å². The zero-order valence-corrected chi connectivity index (χ0v) is 11.5. The molecule has 100 valence electrons. The molecule has 0 aliphatic carbocycles. The molecule has 0 bridgehead atoms. The number of carboxylic acids is 1. The van der Waals surface area contributed by atoms with Gasteiger partial charge in [0, 0.05) is 12.6 Å². The Kier molecular flexibility index (Phi) is 3.69. The van der Waals surface area contributed by atoms with Crippen molar-refractivity contribution in [1.29, 1.82) is 0 Å². The van der Waals surface area contributed by atoms with E-state index in [1.807, 2.05) is 31.6 Å². The van der Waals surface area contributed by atoms with Crippen LogP contribution in [-0.4, -0.2) is 20.9 Å². The van der Waals surface area contributed by atoms with Gasteiger partial charge in [-0.1, -0.05) is 12.1 Å². The first-order chi connectivity index (χ1) is 8.97. The molecule has 4 heteroatoms. The van der Waals surface area contributed by atoms with Crippen LogP contribution in [0.5, 0.6) is 0 Å². The lowest BCUT2D eigenvalue weighted by molar-refractivity contribution is -0.136. The Morgan fingerprint density at radius 2 is 2.05 bits per heavy atom. The van der Waals surface area contributed by atoms with Crippen LogP contribution in [0, 0.1) is 20.8 Å². The third kappa shape index (κ3) is 3.02. The second-order valence-corrected chi connectivity index (χ2v) is 4.87. The van der Waals surface area contributed by atoms with Gasteiger partial charge in [0.25, 0.3) is 0 Å². The summed E-state index contributed by atoms with van der Waals surface area (Å²) in [5.74, 6) is -0.779. The Labute approximate surface area is 112 Å². The van der Waals surface area contributed by atoms with Crippen LogP contribution in [-0.2, 0) is 11.2 Å². The highest BCUT2D eigenvalue weighted by atomic mass is 16.4. The number of benzene rings is 1. The summed E-state index contributed by atoms with van der Waals surface area (Å²) in [5, 5.41) is 13.2. The van der Waals surface area contributed by atoms with Gasteiger partial charge >= 0.3 is 5.97 Å². The lowest BCUT2D eigenvalue weighted by atomic mass is 10.1. The molecule has 0 saturated carbocycles. The minimum atomic E-state index is -0.779. The number of aryl methyl sites for hydroxylation is 4. The highest BCUT2D eigenvalue weighted by Gasteiger charge is 2.09. The summed E-state index contributed by atoms with van der Waals surface area (Å²) in [7, 11) is 0. The fraction of sp³-hybridized carbons (Fsp3) is 0.333. The molecule has 0 unspecified atom stereocenters. The van der Waals surface area contributed by atoms with Gasteiger partial charge in [0.15, 0.2) is 0 Å². The summed E-state index contributed by atoms with van der Waals surface area (Å²) in [6, 6.07) is 6.22. The Balaban J connectivity index is 2.33. The van der Waals surface area contributed by atoms with Crippen LogP contribution in [0.2, 0.25) is 0 Å². The number of carboxylic acid groups (broad SMARTS) is 1. The maximum atomic E-state index is 10.6. The van der Waals surface area contributed by atoms with E-state index in [9.17, 15) is 4.79 Å². The van der Waals surface area contributed by atoms with Crippen molar-refractivity contribution in [2.24, 2.45) is 0 Å². The van der Waals surface area contributed by atoms with Crippen LogP contribution in [0.4, 0.5) is 0 Å². The molecule has 0 aliphatic heterocycles. The van der Waals surface area contributed by atoms with E-state index < -0.39 is 5.97 Å². The average molecular weight is 258 g/mol. The van der Waals surface area contributed by atoms with Gasteiger partial charge in [-0.3, -0.25) is 4.79 Å². The fourth-order valence-corrected chi connectivity index (χ4v) is 2.07. The van der Waals surface area contributed by atoms with Crippen LogP contribution >= 0.6 is 0 Å². The Morgan fingerprint density at radius 3 is 2.74 bits per heavy atom. The molecule has 19 heavy (non-hydrogen) atoms. The zero-order valence-electron chi connectivity index (χ0n) is 11.5. The van der Waals surface area contributed by atoms with Crippen molar-refractivity contribution in [3.8, 4) is 5.69 Å². The molecule has 0 radical (unpaired) electrons. The zero-order chi connectivity index (χ0) is 14.0. The second kappa shape index (κ2) is 5.26. The first-order valence-corrected chi connectivity index (χ1v) is 6.32. The third-order valence-electron chi connectivity index (χ3n) is 3.22. The van der Waals surface area contributed by atoms with Crippen molar-refractivity contribution in [2.75, 3.05) is 0 Å². The van der Waals surface area contributed by atoms with Gasteiger partial charge in [-0.15, -0.1) is 0 Å². The molecule has 2 rings (SSSR count). The number of rotatable bonds is 4.